The average molecular weight is 362 g/mol. The summed E-state index contributed by atoms with van der Waals surface area (Å²) in [7, 11) is 3.19. The lowest BCUT2D eigenvalue weighted by Crippen LogP contribution is -2.27. The summed E-state index contributed by atoms with van der Waals surface area (Å²) in [5, 5.41) is 10.9. The van der Waals surface area contributed by atoms with E-state index in [-0.39, 0.29) is 6.61 Å². The molecular weight excluding hydrogens is 340 g/mol. The topological polar surface area (TPSA) is 84.6 Å². The fourth-order valence-corrected chi connectivity index (χ4v) is 2.12. The van der Waals surface area contributed by atoms with Crippen molar-refractivity contribution in [1.29, 1.82) is 0 Å². The van der Waals surface area contributed by atoms with Crippen molar-refractivity contribution in [2.45, 2.75) is 27.4 Å². The van der Waals surface area contributed by atoms with Gasteiger partial charge in [-0.25, -0.2) is 4.99 Å². The van der Waals surface area contributed by atoms with Crippen LogP contribution in [-0.2, 0) is 21.1 Å². The number of aryl methyl sites for hydroxylation is 1. The van der Waals surface area contributed by atoms with Gasteiger partial charge in [-0.3, -0.25) is 4.79 Å². The standard InChI is InChI=1S/C17H22N4O3S/c1-11-7-6-8-14(16(21-23-5)17(25)18-4)15(11)9-24-20-13(3)12(2)19-10-22/h6-8,10H,9H2,1-5H3,(H,18,25)/b19-12?,20-13-,21-16-. The second-order valence-corrected chi connectivity index (χ2v) is 5.48. The van der Waals surface area contributed by atoms with E-state index >= 15 is 0 Å². The van der Waals surface area contributed by atoms with Gasteiger partial charge >= 0.3 is 0 Å². The first kappa shape index (κ1) is 20.4. The quantitative estimate of drug-likeness (QED) is 0.332. The van der Waals surface area contributed by atoms with E-state index in [1.54, 1.807) is 20.9 Å². The van der Waals surface area contributed by atoms with Gasteiger partial charge in [-0.2, -0.15) is 0 Å². The number of nitrogens with zero attached hydrogens (tertiary/aromatic N) is 3. The van der Waals surface area contributed by atoms with Crippen LogP contribution in [-0.4, -0.2) is 42.7 Å². The summed E-state index contributed by atoms with van der Waals surface area (Å²) in [5.74, 6) is 0. The lowest BCUT2D eigenvalue weighted by molar-refractivity contribution is -0.106. The summed E-state index contributed by atoms with van der Waals surface area (Å²) in [6.07, 6.45) is 0.472. The van der Waals surface area contributed by atoms with E-state index in [4.69, 9.17) is 21.9 Å². The maximum Gasteiger partial charge on any atom is 0.233 e. The summed E-state index contributed by atoms with van der Waals surface area (Å²) in [4.78, 5) is 24.9. The summed E-state index contributed by atoms with van der Waals surface area (Å²) in [5.41, 5.74) is 4.23. The van der Waals surface area contributed by atoms with Crippen molar-refractivity contribution < 1.29 is 14.5 Å². The molecule has 0 aliphatic carbocycles. The van der Waals surface area contributed by atoms with Crippen molar-refractivity contribution >= 4 is 40.8 Å². The van der Waals surface area contributed by atoms with Crippen LogP contribution in [0.25, 0.3) is 0 Å². The van der Waals surface area contributed by atoms with Gasteiger partial charge in [0.05, 0.1) is 11.4 Å². The molecule has 0 unspecified atom stereocenters. The summed E-state index contributed by atoms with van der Waals surface area (Å²) in [6, 6.07) is 5.76. The SMILES string of the molecule is CNC(=S)/C(=N\OC)c1cccc(C)c1CO/N=C(/C)C(C)=NC=O. The number of nitrogens with one attached hydrogen (secondary N) is 1. The first-order valence-corrected chi connectivity index (χ1v) is 7.94. The van der Waals surface area contributed by atoms with Gasteiger partial charge in [0.1, 0.15) is 24.4 Å². The Hall–Kier alpha value is -2.61. The van der Waals surface area contributed by atoms with E-state index in [2.05, 4.69) is 20.6 Å². The Bertz CT molecular complexity index is 727. The number of hydrogen-bond donors (Lipinski definition) is 1. The van der Waals surface area contributed by atoms with Crippen LogP contribution in [0.1, 0.15) is 30.5 Å². The van der Waals surface area contributed by atoms with Crippen molar-refractivity contribution in [3.8, 4) is 0 Å². The normalized spacial score (nSPS) is 12.6. The first-order chi connectivity index (χ1) is 12.0. The number of likely N-dealkylation sites (N-methyl/N-ethyl adjacent to an activating group) is 1. The predicted octanol–water partition coefficient (Wildman–Crippen LogP) is 2.40. The van der Waals surface area contributed by atoms with Gasteiger partial charge in [-0.05, 0) is 26.3 Å². The number of oxime groups is 2. The summed E-state index contributed by atoms with van der Waals surface area (Å²) < 4.78 is 0. The Balaban J connectivity index is 3.14. The minimum atomic E-state index is 0.211. The lowest BCUT2D eigenvalue weighted by Gasteiger charge is -2.14. The number of rotatable bonds is 8. The Morgan fingerprint density at radius 1 is 1.28 bits per heavy atom. The fourth-order valence-electron chi connectivity index (χ4n) is 1.97. The van der Waals surface area contributed by atoms with Crippen LogP contribution >= 0.6 is 12.2 Å². The van der Waals surface area contributed by atoms with Gasteiger partial charge in [0.2, 0.25) is 6.41 Å². The average Bonchev–Trinajstić information content (AvgIpc) is 2.60. The third-order valence-corrected chi connectivity index (χ3v) is 3.87. The van der Waals surface area contributed by atoms with Gasteiger partial charge in [0.15, 0.2) is 0 Å². The number of carbonyl (C=O) groups is 1. The highest BCUT2D eigenvalue weighted by atomic mass is 32.1. The number of amides is 1. The Morgan fingerprint density at radius 3 is 2.60 bits per heavy atom. The van der Waals surface area contributed by atoms with Gasteiger partial charge < -0.3 is 15.0 Å². The molecule has 0 heterocycles. The number of hydrogen-bond acceptors (Lipinski definition) is 6. The van der Waals surface area contributed by atoms with Crippen LogP contribution in [0.5, 0.6) is 0 Å². The molecular formula is C17H22N4O3S. The van der Waals surface area contributed by atoms with Crippen molar-refractivity contribution in [3.63, 3.8) is 0 Å². The third kappa shape index (κ3) is 5.75. The summed E-state index contributed by atoms with van der Waals surface area (Å²) >= 11 is 5.31. The van der Waals surface area contributed by atoms with Gasteiger partial charge in [0, 0.05) is 18.2 Å². The second-order valence-electron chi connectivity index (χ2n) is 5.07. The van der Waals surface area contributed by atoms with Crippen molar-refractivity contribution in [2.24, 2.45) is 15.3 Å². The molecule has 0 spiro atoms. The number of thiocarbonyl (C=S) groups is 1. The Morgan fingerprint density at radius 2 is 2.00 bits per heavy atom. The Labute approximate surface area is 152 Å². The van der Waals surface area contributed by atoms with Crippen LogP contribution in [0.15, 0.2) is 33.5 Å². The van der Waals surface area contributed by atoms with E-state index in [9.17, 15) is 4.79 Å². The molecule has 0 aliphatic heterocycles. The lowest BCUT2D eigenvalue weighted by atomic mass is 9.99. The molecule has 0 aliphatic rings. The third-order valence-electron chi connectivity index (χ3n) is 3.47. The minimum absolute atomic E-state index is 0.211. The second kappa shape index (κ2) is 10.3. The van der Waals surface area contributed by atoms with E-state index < -0.39 is 0 Å². The zero-order valence-electron chi connectivity index (χ0n) is 15.0. The molecule has 134 valence electrons. The smallest absolute Gasteiger partial charge is 0.233 e. The van der Waals surface area contributed by atoms with Crippen molar-refractivity contribution in [1.82, 2.24) is 5.32 Å². The molecule has 1 amide bonds. The fraction of sp³-hybridized carbons (Fsp3) is 0.353. The minimum Gasteiger partial charge on any atom is -0.399 e. The van der Waals surface area contributed by atoms with Gasteiger partial charge in [0.25, 0.3) is 0 Å². The van der Waals surface area contributed by atoms with Crippen LogP contribution in [0.4, 0.5) is 0 Å². The largest absolute Gasteiger partial charge is 0.399 e. The molecule has 25 heavy (non-hydrogen) atoms. The molecule has 1 aromatic carbocycles. The van der Waals surface area contributed by atoms with Crippen LogP contribution in [0.3, 0.4) is 0 Å². The van der Waals surface area contributed by atoms with Crippen LogP contribution < -0.4 is 5.32 Å². The van der Waals surface area contributed by atoms with E-state index in [1.807, 2.05) is 25.1 Å². The molecule has 1 N–H and O–H groups in total. The van der Waals surface area contributed by atoms with Crippen molar-refractivity contribution in [3.05, 3.63) is 34.9 Å². The number of aliphatic imine (C=N–C) groups is 1. The highest BCUT2D eigenvalue weighted by Gasteiger charge is 2.16. The molecule has 1 rings (SSSR count). The van der Waals surface area contributed by atoms with E-state index in [0.29, 0.717) is 28.5 Å². The monoisotopic (exact) mass is 362 g/mol. The molecule has 0 bridgehead atoms. The molecule has 0 aromatic heterocycles. The molecule has 0 fully saturated rings. The maximum absolute atomic E-state index is 10.4. The molecule has 0 saturated heterocycles. The van der Waals surface area contributed by atoms with Crippen LogP contribution in [0.2, 0.25) is 0 Å². The number of benzene rings is 1. The predicted molar refractivity (Wildman–Crippen MR) is 103 cm³/mol. The number of carbonyl (C=O) groups excluding carboxylic acids is 1. The highest BCUT2D eigenvalue weighted by molar-refractivity contribution is 7.82. The molecule has 1 aromatic rings. The molecule has 7 nitrogen and oxygen atoms in total. The van der Waals surface area contributed by atoms with E-state index in [0.717, 1.165) is 16.7 Å². The van der Waals surface area contributed by atoms with Gasteiger partial charge in [-0.15, -0.1) is 0 Å². The molecule has 8 heteroatoms. The zero-order valence-corrected chi connectivity index (χ0v) is 15.8. The van der Waals surface area contributed by atoms with E-state index in [1.165, 1.54) is 7.11 Å². The van der Waals surface area contributed by atoms with Crippen molar-refractivity contribution in [2.75, 3.05) is 14.2 Å². The molecule has 0 saturated carbocycles. The molecule has 0 radical (unpaired) electrons. The Kier molecular flexibility index (Phi) is 8.42. The zero-order chi connectivity index (χ0) is 18.8. The van der Waals surface area contributed by atoms with Gasteiger partial charge in [-0.1, -0.05) is 40.7 Å². The summed E-state index contributed by atoms with van der Waals surface area (Å²) in [6.45, 7) is 5.58. The molecule has 0 atom stereocenters. The maximum atomic E-state index is 10.4. The van der Waals surface area contributed by atoms with Crippen LogP contribution in [0, 0.1) is 6.92 Å². The first-order valence-electron chi connectivity index (χ1n) is 7.53. The highest BCUT2D eigenvalue weighted by Crippen LogP contribution is 2.18.